The van der Waals surface area contributed by atoms with Gasteiger partial charge in [0.1, 0.15) is 0 Å². The molecular weight excluding hydrogens is 440 g/mol. The molecule has 0 unspecified atom stereocenters. The molecule has 0 aliphatic rings. The van der Waals surface area contributed by atoms with Crippen molar-refractivity contribution in [3.05, 3.63) is 0 Å². The normalized spacial score (nSPS) is 11.5. The maximum absolute atomic E-state index is 2.31. The van der Waals surface area contributed by atoms with Gasteiger partial charge < -0.3 is 0 Å². The van der Waals surface area contributed by atoms with Crippen LogP contribution in [-0.4, -0.2) is 11.5 Å². The summed E-state index contributed by atoms with van der Waals surface area (Å²) in [6.07, 6.45) is 44.2. The van der Waals surface area contributed by atoms with Crippen LogP contribution in [0.3, 0.4) is 0 Å². The van der Waals surface area contributed by atoms with E-state index in [1.807, 2.05) is 0 Å². The summed E-state index contributed by atoms with van der Waals surface area (Å²) < 4.78 is 0. The Bertz CT molecular complexity index is 307. The fourth-order valence-corrected chi connectivity index (χ4v) is 6.27. The van der Waals surface area contributed by atoms with Crippen molar-refractivity contribution in [3.8, 4) is 0 Å². The second-order valence-electron chi connectivity index (χ2n) is 11.5. The number of hydrogen-bond donors (Lipinski definition) is 0. The smallest absolute Gasteiger partial charge is 0.00675 e. The highest BCUT2D eigenvalue weighted by molar-refractivity contribution is 7.99. The quantitative estimate of drug-likeness (QED) is 0.0810. The first-order valence-electron chi connectivity index (χ1n) is 17.0. The van der Waals surface area contributed by atoms with Crippen LogP contribution in [0.4, 0.5) is 0 Å². The molecule has 35 heavy (non-hydrogen) atoms. The zero-order chi connectivity index (χ0) is 25.3. The third kappa shape index (κ3) is 34.4. The Morgan fingerprint density at radius 3 is 0.600 bits per heavy atom. The molecule has 0 amide bonds. The molecule has 0 aromatic heterocycles. The second kappa shape index (κ2) is 34.4. The molecule has 0 atom stereocenters. The van der Waals surface area contributed by atoms with E-state index in [2.05, 4.69) is 25.6 Å². The van der Waals surface area contributed by atoms with Crippen molar-refractivity contribution >= 4 is 11.8 Å². The van der Waals surface area contributed by atoms with Crippen molar-refractivity contribution in [2.75, 3.05) is 11.5 Å². The predicted molar refractivity (Wildman–Crippen MR) is 167 cm³/mol. The Morgan fingerprint density at radius 2 is 0.400 bits per heavy atom. The van der Waals surface area contributed by atoms with Gasteiger partial charge in [-0.2, -0.15) is 11.8 Å². The molecule has 0 bridgehead atoms. The van der Waals surface area contributed by atoms with Gasteiger partial charge in [0.25, 0.3) is 0 Å². The van der Waals surface area contributed by atoms with Crippen molar-refractivity contribution in [2.45, 2.75) is 206 Å². The largest absolute Gasteiger partial charge is 0.162 e. The van der Waals surface area contributed by atoms with E-state index in [0.29, 0.717) is 0 Å². The van der Waals surface area contributed by atoms with E-state index in [4.69, 9.17) is 0 Å². The Morgan fingerprint density at radius 1 is 0.229 bits per heavy atom. The summed E-state index contributed by atoms with van der Waals surface area (Å²) >= 11 is 2.22. The average Bonchev–Trinajstić information content (AvgIpc) is 2.87. The van der Waals surface area contributed by atoms with Crippen LogP contribution in [0.1, 0.15) is 206 Å². The summed E-state index contributed by atoms with van der Waals surface area (Å²) in [5, 5.41) is 0. The van der Waals surface area contributed by atoms with Gasteiger partial charge in [0.05, 0.1) is 0 Å². The van der Waals surface area contributed by atoms with Crippen LogP contribution in [0, 0.1) is 0 Å². The van der Waals surface area contributed by atoms with Gasteiger partial charge in [0.2, 0.25) is 0 Å². The van der Waals surface area contributed by atoms with E-state index in [1.165, 1.54) is 204 Å². The summed E-state index contributed by atoms with van der Waals surface area (Å²) in [4.78, 5) is 0. The zero-order valence-corrected chi connectivity index (χ0v) is 25.9. The fourth-order valence-electron chi connectivity index (χ4n) is 5.25. The number of unbranched alkanes of at least 4 members (excludes halogenated alkanes) is 28. The second-order valence-corrected chi connectivity index (χ2v) is 12.7. The Balaban J connectivity index is 3.00. The Kier molecular flexibility index (Phi) is 34.7. The van der Waals surface area contributed by atoms with E-state index < -0.39 is 0 Å². The molecule has 0 nitrogen and oxygen atoms in total. The average molecular weight is 511 g/mol. The van der Waals surface area contributed by atoms with Gasteiger partial charge in [0.15, 0.2) is 0 Å². The third-order valence-corrected chi connectivity index (χ3v) is 8.94. The fraction of sp³-hybridized carbons (Fsp3) is 1.00. The highest BCUT2D eigenvalue weighted by Crippen LogP contribution is 2.16. The lowest BCUT2D eigenvalue weighted by atomic mass is 10.0. The summed E-state index contributed by atoms with van der Waals surface area (Å²) in [6, 6.07) is 0. The number of hydrogen-bond acceptors (Lipinski definition) is 1. The van der Waals surface area contributed by atoms with Crippen LogP contribution in [-0.2, 0) is 0 Å². The van der Waals surface area contributed by atoms with Crippen LogP contribution in [0.25, 0.3) is 0 Å². The van der Waals surface area contributed by atoms with Crippen molar-refractivity contribution in [2.24, 2.45) is 0 Å². The maximum atomic E-state index is 2.31. The van der Waals surface area contributed by atoms with Crippen LogP contribution in [0.5, 0.6) is 0 Å². The summed E-state index contributed by atoms with van der Waals surface area (Å²) in [6.45, 7) is 4.61. The molecule has 212 valence electrons. The van der Waals surface area contributed by atoms with E-state index >= 15 is 0 Å². The first kappa shape index (κ1) is 35.4. The maximum Gasteiger partial charge on any atom is -0.00675 e. The highest BCUT2D eigenvalue weighted by Gasteiger charge is 1.97. The number of thioether (sulfide) groups is 1. The van der Waals surface area contributed by atoms with Gasteiger partial charge >= 0.3 is 0 Å². The first-order valence-corrected chi connectivity index (χ1v) is 18.1. The minimum absolute atomic E-state index is 1.37. The molecule has 0 saturated carbocycles. The molecule has 0 saturated heterocycles. The lowest BCUT2D eigenvalue weighted by molar-refractivity contribution is 0.534. The van der Waals surface area contributed by atoms with Crippen LogP contribution in [0.2, 0.25) is 0 Å². The van der Waals surface area contributed by atoms with E-state index in [1.54, 1.807) is 0 Å². The van der Waals surface area contributed by atoms with Gasteiger partial charge in [-0.3, -0.25) is 0 Å². The van der Waals surface area contributed by atoms with E-state index in [0.717, 1.165) is 0 Å². The van der Waals surface area contributed by atoms with Gasteiger partial charge in [0, 0.05) is 0 Å². The number of rotatable bonds is 32. The standard InChI is InChI=1S/C34H70S/c1-3-5-7-9-11-13-15-17-19-21-23-25-27-29-31-33-35-34-32-30-28-26-24-22-20-18-16-14-12-10-8-6-4-2/h3-34H2,1-2H3. The first-order chi connectivity index (χ1) is 17.4. The molecule has 0 aromatic rings. The van der Waals surface area contributed by atoms with Crippen LogP contribution in [0.15, 0.2) is 0 Å². The minimum atomic E-state index is 1.37. The summed E-state index contributed by atoms with van der Waals surface area (Å²) in [7, 11) is 0. The zero-order valence-electron chi connectivity index (χ0n) is 25.0. The molecular formula is C34H70S. The molecule has 0 fully saturated rings. The van der Waals surface area contributed by atoms with Crippen molar-refractivity contribution in [3.63, 3.8) is 0 Å². The molecule has 0 aliphatic carbocycles. The molecule has 0 aromatic carbocycles. The van der Waals surface area contributed by atoms with Crippen molar-refractivity contribution < 1.29 is 0 Å². The van der Waals surface area contributed by atoms with Crippen molar-refractivity contribution in [1.29, 1.82) is 0 Å². The topological polar surface area (TPSA) is 0 Å². The van der Waals surface area contributed by atoms with Gasteiger partial charge in [-0.15, -0.1) is 0 Å². The third-order valence-electron chi connectivity index (χ3n) is 7.78. The molecule has 0 rings (SSSR count). The molecule has 0 spiro atoms. The van der Waals surface area contributed by atoms with E-state index in [-0.39, 0.29) is 0 Å². The minimum Gasteiger partial charge on any atom is -0.162 e. The summed E-state index contributed by atoms with van der Waals surface area (Å²) in [5.74, 6) is 2.83. The molecule has 0 radical (unpaired) electrons. The van der Waals surface area contributed by atoms with Gasteiger partial charge in [-0.05, 0) is 24.3 Å². The molecule has 0 aliphatic heterocycles. The van der Waals surface area contributed by atoms with Crippen LogP contribution >= 0.6 is 11.8 Å². The molecule has 1 heteroatoms. The van der Waals surface area contributed by atoms with Gasteiger partial charge in [-0.25, -0.2) is 0 Å². The lowest BCUT2D eigenvalue weighted by Crippen LogP contribution is -1.87. The van der Waals surface area contributed by atoms with E-state index in [9.17, 15) is 0 Å². The SMILES string of the molecule is CCCCCCCCCCCCCCCCCSCCCCCCCCCCCCCCCCC. The molecule has 0 heterocycles. The highest BCUT2D eigenvalue weighted by atomic mass is 32.2. The van der Waals surface area contributed by atoms with Crippen molar-refractivity contribution in [1.82, 2.24) is 0 Å². The van der Waals surface area contributed by atoms with Crippen LogP contribution < -0.4 is 0 Å². The Labute approximate surface area is 229 Å². The summed E-state index contributed by atoms with van der Waals surface area (Å²) in [5.41, 5.74) is 0. The molecule has 0 N–H and O–H groups in total. The predicted octanol–water partition coefficient (Wildman–Crippen LogP) is 13.5. The lowest BCUT2D eigenvalue weighted by Gasteiger charge is -2.04. The Hall–Kier alpha value is 0.350. The monoisotopic (exact) mass is 511 g/mol. The van der Waals surface area contributed by atoms with Gasteiger partial charge in [-0.1, -0.05) is 194 Å².